The van der Waals surface area contributed by atoms with Gasteiger partial charge in [0.1, 0.15) is 6.10 Å². The van der Waals surface area contributed by atoms with E-state index in [1.165, 1.54) is 0 Å². The summed E-state index contributed by atoms with van der Waals surface area (Å²) in [4.78, 5) is 32.4. The van der Waals surface area contributed by atoms with Gasteiger partial charge in [0.2, 0.25) is 0 Å². The number of esters is 1. The van der Waals surface area contributed by atoms with Crippen molar-refractivity contribution in [3.8, 4) is 0 Å². The van der Waals surface area contributed by atoms with E-state index in [0.717, 1.165) is 36.8 Å². The van der Waals surface area contributed by atoms with Gasteiger partial charge in [-0.05, 0) is 31.4 Å². The van der Waals surface area contributed by atoms with Gasteiger partial charge in [-0.15, -0.1) is 0 Å². The van der Waals surface area contributed by atoms with Crippen LogP contribution in [0.3, 0.4) is 0 Å². The van der Waals surface area contributed by atoms with Gasteiger partial charge in [-0.3, -0.25) is 4.89 Å². The molecule has 1 aromatic rings. The Kier molecular flexibility index (Phi) is 8.22. The van der Waals surface area contributed by atoms with Crippen molar-refractivity contribution in [1.82, 2.24) is 0 Å². The molecule has 0 bridgehead atoms. The molecule has 1 atom stereocenters. The standard InChI is InChI=1S/C17H24O5/c1-4-5-6-9-12-20-16(18)17(19)22-21-14(3)15-11-8-7-10-13(15)2/h7-8,10-11,14H,4-6,9,12H2,1-3H3. The molecule has 0 amide bonds. The van der Waals surface area contributed by atoms with Crippen LogP contribution >= 0.6 is 0 Å². The third-order valence-corrected chi connectivity index (χ3v) is 3.29. The predicted octanol–water partition coefficient (Wildman–Crippen LogP) is 3.65. The van der Waals surface area contributed by atoms with E-state index in [-0.39, 0.29) is 6.61 Å². The maximum atomic E-state index is 11.5. The van der Waals surface area contributed by atoms with E-state index in [1.807, 2.05) is 31.2 Å². The van der Waals surface area contributed by atoms with Crippen LogP contribution in [0, 0.1) is 6.92 Å². The van der Waals surface area contributed by atoms with Crippen molar-refractivity contribution in [1.29, 1.82) is 0 Å². The van der Waals surface area contributed by atoms with E-state index in [0.29, 0.717) is 0 Å². The maximum absolute atomic E-state index is 11.5. The van der Waals surface area contributed by atoms with Crippen molar-refractivity contribution in [2.45, 2.75) is 52.6 Å². The first kappa shape index (κ1) is 18.2. The number of hydrogen-bond donors (Lipinski definition) is 0. The first-order chi connectivity index (χ1) is 10.6. The average molecular weight is 308 g/mol. The molecule has 0 aliphatic heterocycles. The van der Waals surface area contributed by atoms with Gasteiger partial charge >= 0.3 is 11.9 Å². The van der Waals surface area contributed by atoms with Gasteiger partial charge in [-0.2, -0.15) is 4.89 Å². The molecule has 5 nitrogen and oxygen atoms in total. The molecule has 0 fully saturated rings. The molecule has 1 aromatic carbocycles. The van der Waals surface area contributed by atoms with Crippen molar-refractivity contribution >= 4 is 11.9 Å². The predicted molar refractivity (Wildman–Crippen MR) is 81.9 cm³/mol. The summed E-state index contributed by atoms with van der Waals surface area (Å²) in [6.45, 7) is 5.99. The van der Waals surface area contributed by atoms with E-state index < -0.39 is 18.0 Å². The van der Waals surface area contributed by atoms with Crippen molar-refractivity contribution in [3.63, 3.8) is 0 Å². The van der Waals surface area contributed by atoms with Crippen LogP contribution in [0.4, 0.5) is 0 Å². The third kappa shape index (κ3) is 6.26. The summed E-state index contributed by atoms with van der Waals surface area (Å²) in [5.74, 6) is -2.15. The smallest absolute Gasteiger partial charge is 0.449 e. The number of rotatable bonds is 8. The van der Waals surface area contributed by atoms with Gasteiger partial charge in [0.15, 0.2) is 0 Å². The number of benzene rings is 1. The first-order valence-corrected chi connectivity index (χ1v) is 7.66. The lowest BCUT2D eigenvalue weighted by molar-refractivity contribution is -0.296. The molecular formula is C17H24O5. The molecule has 5 heteroatoms. The number of ether oxygens (including phenoxy) is 1. The van der Waals surface area contributed by atoms with E-state index in [2.05, 4.69) is 11.8 Å². The van der Waals surface area contributed by atoms with Gasteiger partial charge in [0.25, 0.3) is 0 Å². The van der Waals surface area contributed by atoms with Crippen molar-refractivity contribution < 1.29 is 24.1 Å². The Labute approximate surface area is 131 Å². The highest BCUT2D eigenvalue weighted by Gasteiger charge is 2.20. The number of carbonyl (C=O) groups is 2. The molecule has 0 radical (unpaired) electrons. The van der Waals surface area contributed by atoms with Crippen LogP contribution in [0.1, 0.15) is 56.8 Å². The van der Waals surface area contributed by atoms with Gasteiger partial charge in [-0.25, -0.2) is 9.59 Å². The topological polar surface area (TPSA) is 61.8 Å². The Morgan fingerprint density at radius 2 is 1.82 bits per heavy atom. The summed E-state index contributed by atoms with van der Waals surface area (Å²) in [6.07, 6.45) is 3.44. The van der Waals surface area contributed by atoms with Crippen molar-refractivity contribution in [2.75, 3.05) is 6.61 Å². The lowest BCUT2D eigenvalue weighted by Gasteiger charge is -2.13. The summed E-state index contributed by atoms with van der Waals surface area (Å²) in [5.41, 5.74) is 1.91. The van der Waals surface area contributed by atoms with Crippen LogP contribution in [0.25, 0.3) is 0 Å². The van der Waals surface area contributed by atoms with Crippen molar-refractivity contribution in [2.24, 2.45) is 0 Å². The molecule has 0 saturated carbocycles. The van der Waals surface area contributed by atoms with E-state index in [1.54, 1.807) is 6.92 Å². The summed E-state index contributed by atoms with van der Waals surface area (Å²) in [6, 6.07) is 7.59. The average Bonchev–Trinajstić information content (AvgIpc) is 2.52. The normalized spacial score (nSPS) is 11.8. The molecule has 122 valence electrons. The fourth-order valence-electron chi connectivity index (χ4n) is 2.00. The quantitative estimate of drug-likeness (QED) is 0.241. The highest BCUT2D eigenvalue weighted by atomic mass is 17.2. The number of hydrogen-bond acceptors (Lipinski definition) is 5. The minimum atomic E-state index is -1.13. The van der Waals surface area contributed by atoms with Crippen molar-refractivity contribution in [3.05, 3.63) is 35.4 Å². The Hall–Kier alpha value is -1.88. The second-order valence-electron chi connectivity index (χ2n) is 5.16. The summed E-state index contributed by atoms with van der Waals surface area (Å²) < 4.78 is 4.82. The van der Waals surface area contributed by atoms with Gasteiger partial charge in [0.05, 0.1) is 6.61 Å². The third-order valence-electron chi connectivity index (χ3n) is 3.29. The SMILES string of the molecule is CCCCCCOC(=O)C(=O)OOC(C)c1ccccc1C. The molecule has 0 heterocycles. The zero-order valence-corrected chi connectivity index (χ0v) is 13.5. The van der Waals surface area contributed by atoms with Gasteiger partial charge < -0.3 is 4.74 Å². The molecule has 0 N–H and O–H groups in total. The summed E-state index contributed by atoms with van der Waals surface area (Å²) in [5, 5.41) is 0. The number of unbranched alkanes of at least 4 members (excludes halogenated alkanes) is 3. The lowest BCUT2D eigenvalue weighted by atomic mass is 10.1. The molecule has 1 unspecified atom stereocenters. The minimum absolute atomic E-state index is 0.223. The van der Waals surface area contributed by atoms with E-state index in [4.69, 9.17) is 9.62 Å². The van der Waals surface area contributed by atoms with Crippen LogP contribution in [-0.2, 0) is 24.1 Å². The Balaban J connectivity index is 2.30. The van der Waals surface area contributed by atoms with Crippen LogP contribution in [0.2, 0.25) is 0 Å². The second-order valence-corrected chi connectivity index (χ2v) is 5.16. The zero-order valence-electron chi connectivity index (χ0n) is 13.5. The zero-order chi connectivity index (χ0) is 16.4. The van der Waals surface area contributed by atoms with Crippen LogP contribution in [0.15, 0.2) is 24.3 Å². The van der Waals surface area contributed by atoms with E-state index in [9.17, 15) is 9.59 Å². The second kappa shape index (κ2) is 9.95. The highest BCUT2D eigenvalue weighted by molar-refractivity contribution is 6.29. The molecule has 0 saturated heterocycles. The molecule has 22 heavy (non-hydrogen) atoms. The van der Waals surface area contributed by atoms with Crippen LogP contribution in [0.5, 0.6) is 0 Å². The Morgan fingerprint density at radius 1 is 1.09 bits per heavy atom. The van der Waals surface area contributed by atoms with Gasteiger partial charge in [-0.1, -0.05) is 50.5 Å². The minimum Gasteiger partial charge on any atom is -0.457 e. The molecule has 0 aliphatic carbocycles. The fourth-order valence-corrected chi connectivity index (χ4v) is 2.00. The monoisotopic (exact) mass is 308 g/mol. The molecule has 1 rings (SSSR count). The largest absolute Gasteiger partial charge is 0.457 e. The summed E-state index contributed by atoms with van der Waals surface area (Å²) in [7, 11) is 0. The molecule has 0 aromatic heterocycles. The maximum Gasteiger partial charge on any atom is 0.449 e. The Morgan fingerprint density at radius 3 is 2.50 bits per heavy atom. The lowest BCUT2D eigenvalue weighted by Crippen LogP contribution is -2.21. The first-order valence-electron chi connectivity index (χ1n) is 7.66. The van der Waals surface area contributed by atoms with Gasteiger partial charge in [0, 0.05) is 0 Å². The Bertz CT molecular complexity index is 484. The number of aryl methyl sites for hydroxylation is 1. The molecule has 0 aliphatic rings. The van der Waals surface area contributed by atoms with E-state index >= 15 is 0 Å². The highest BCUT2D eigenvalue weighted by Crippen LogP contribution is 2.20. The molecular weight excluding hydrogens is 284 g/mol. The summed E-state index contributed by atoms with van der Waals surface area (Å²) >= 11 is 0. The van der Waals surface area contributed by atoms with Crippen LogP contribution in [-0.4, -0.2) is 18.5 Å². The fraction of sp³-hybridized carbons (Fsp3) is 0.529. The molecule has 0 spiro atoms. The number of carbonyl (C=O) groups excluding carboxylic acids is 2. The van der Waals surface area contributed by atoms with Crippen LogP contribution < -0.4 is 0 Å².